The van der Waals surface area contributed by atoms with Crippen LogP contribution in [0.25, 0.3) is 0 Å². The van der Waals surface area contributed by atoms with Crippen LogP contribution in [0, 0.1) is 5.41 Å². The van der Waals surface area contributed by atoms with E-state index in [-0.39, 0.29) is 24.9 Å². The van der Waals surface area contributed by atoms with Gasteiger partial charge in [-0.2, -0.15) is 0 Å². The number of rotatable bonds is 13. The van der Waals surface area contributed by atoms with E-state index >= 15 is 0 Å². The van der Waals surface area contributed by atoms with Gasteiger partial charge in [-0.15, -0.1) is 0 Å². The van der Waals surface area contributed by atoms with Crippen LogP contribution in [0.5, 0.6) is 5.75 Å². The standard InChI is InChI=1S/C32H37N3O6/c1-22(37)23-11-15-25(16-12-23)34-31(39)41-30(24-13-17-26(18-14-24)40-21-20-36)32(2,3)19-7-6-10-29(38)35-28-9-5-4-8-27(28)33/h4-6,8-18,30,36H,7,19-21,33H2,1-3H3,(H,34,39)(H,35,38)/b10-6+/t30-/m0/s1. The minimum Gasteiger partial charge on any atom is -0.491 e. The van der Waals surface area contributed by atoms with E-state index in [9.17, 15) is 14.4 Å². The number of amides is 2. The fraction of sp³-hybridized carbons (Fsp3) is 0.281. The van der Waals surface area contributed by atoms with Crippen molar-refractivity contribution in [3.05, 3.63) is 96.1 Å². The average molecular weight is 560 g/mol. The highest BCUT2D eigenvalue weighted by Crippen LogP contribution is 2.41. The first-order valence-corrected chi connectivity index (χ1v) is 13.3. The molecule has 3 rings (SSSR count). The molecule has 0 bridgehead atoms. The molecule has 1 atom stereocenters. The molecule has 2 amide bonds. The van der Waals surface area contributed by atoms with Gasteiger partial charge in [0.05, 0.1) is 18.0 Å². The van der Waals surface area contributed by atoms with Crippen LogP contribution < -0.4 is 21.1 Å². The highest BCUT2D eigenvalue weighted by molar-refractivity contribution is 6.01. The van der Waals surface area contributed by atoms with E-state index in [1.807, 2.05) is 26.0 Å². The third-order valence-electron chi connectivity index (χ3n) is 6.46. The molecule has 0 radical (unpaired) electrons. The highest BCUT2D eigenvalue weighted by atomic mass is 16.6. The first kappa shape index (κ1) is 30.9. The van der Waals surface area contributed by atoms with E-state index < -0.39 is 17.6 Å². The number of nitrogens with two attached hydrogens (primary N) is 1. The van der Waals surface area contributed by atoms with E-state index in [0.717, 1.165) is 5.56 Å². The van der Waals surface area contributed by atoms with Crippen LogP contribution in [0.15, 0.2) is 84.9 Å². The van der Waals surface area contributed by atoms with Crippen molar-refractivity contribution in [2.75, 3.05) is 29.6 Å². The van der Waals surface area contributed by atoms with Crippen LogP contribution in [0.2, 0.25) is 0 Å². The third kappa shape index (κ3) is 9.51. The third-order valence-corrected chi connectivity index (χ3v) is 6.46. The first-order valence-electron chi connectivity index (χ1n) is 13.3. The number of nitrogen functional groups attached to an aromatic ring is 1. The predicted octanol–water partition coefficient (Wildman–Crippen LogP) is 6.13. The molecule has 0 unspecified atom stereocenters. The molecule has 0 heterocycles. The van der Waals surface area contributed by atoms with Crippen molar-refractivity contribution in [2.45, 2.75) is 39.7 Å². The molecule has 0 aliphatic carbocycles. The number of hydrogen-bond donors (Lipinski definition) is 4. The summed E-state index contributed by atoms with van der Waals surface area (Å²) in [6, 6.07) is 20.8. The van der Waals surface area contributed by atoms with Crippen LogP contribution in [0.4, 0.5) is 21.9 Å². The number of aliphatic hydroxyl groups excluding tert-OH is 1. The van der Waals surface area contributed by atoms with Gasteiger partial charge in [0, 0.05) is 16.7 Å². The number of ether oxygens (including phenoxy) is 2. The molecular weight excluding hydrogens is 522 g/mol. The molecule has 3 aromatic rings. The summed E-state index contributed by atoms with van der Waals surface area (Å²) in [7, 11) is 0. The molecule has 0 saturated heterocycles. The van der Waals surface area contributed by atoms with Gasteiger partial charge in [0.25, 0.3) is 0 Å². The number of allylic oxidation sites excluding steroid dienone is 1. The van der Waals surface area contributed by atoms with Crippen molar-refractivity contribution in [3.8, 4) is 5.75 Å². The van der Waals surface area contributed by atoms with Crippen LogP contribution in [-0.2, 0) is 9.53 Å². The zero-order chi connectivity index (χ0) is 29.8. The van der Waals surface area contributed by atoms with E-state index in [1.165, 1.54) is 13.0 Å². The number of benzene rings is 3. The minimum atomic E-state index is -0.644. The van der Waals surface area contributed by atoms with Gasteiger partial charge in [-0.05, 0) is 79.9 Å². The maximum Gasteiger partial charge on any atom is 0.412 e. The second-order valence-electron chi connectivity index (χ2n) is 10.2. The van der Waals surface area contributed by atoms with Crippen molar-refractivity contribution < 1.29 is 29.0 Å². The second-order valence-corrected chi connectivity index (χ2v) is 10.2. The zero-order valence-corrected chi connectivity index (χ0v) is 23.6. The van der Waals surface area contributed by atoms with Gasteiger partial charge in [-0.1, -0.05) is 44.2 Å². The second kappa shape index (κ2) is 14.7. The van der Waals surface area contributed by atoms with Gasteiger partial charge in [-0.3, -0.25) is 14.9 Å². The van der Waals surface area contributed by atoms with Crippen molar-refractivity contribution in [3.63, 3.8) is 0 Å². The Morgan fingerprint density at radius 2 is 1.66 bits per heavy atom. The van der Waals surface area contributed by atoms with E-state index in [0.29, 0.717) is 41.2 Å². The summed E-state index contributed by atoms with van der Waals surface area (Å²) in [5, 5.41) is 14.5. The highest BCUT2D eigenvalue weighted by Gasteiger charge is 2.34. The van der Waals surface area contributed by atoms with Gasteiger partial charge in [-0.25, -0.2) is 4.79 Å². The Morgan fingerprint density at radius 3 is 2.29 bits per heavy atom. The molecule has 41 heavy (non-hydrogen) atoms. The number of carbonyl (C=O) groups excluding carboxylic acids is 3. The lowest BCUT2D eigenvalue weighted by molar-refractivity contribution is -0.111. The number of hydrogen-bond acceptors (Lipinski definition) is 7. The quantitative estimate of drug-likeness (QED) is 0.112. The zero-order valence-electron chi connectivity index (χ0n) is 23.6. The number of anilines is 3. The Labute approximate surface area is 240 Å². The van der Waals surface area contributed by atoms with Crippen molar-refractivity contribution in [1.82, 2.24) is 0 Å². The number of Topliss-reactive ketones (excluding diaryl/α,β-unsaturated/α-hetero) is 1. The monoisotopic (exact) mass is 559 g/mol. The SMILES string of the molecule is CC(=O)c1ccc(NC(=O)O[C@@H](c2ccc(OCCO)cc2)C(C)(C)CC/C=C/C(=O)Nc2ccccc2N)cc1. The molecule has 9 nitrogen and oxygen atoms in total. The summed E-state index contributed by atoms with van der Waals surface area (Å²) in [4.78, 5) is 36.9. The Bertz CT molecular complexity index is 1350. The predicted molar refractivity (Wildman–Crippen MR) is 160 cm³/mol. The number of para-hydroxylation sites is 2. The molecule has 0 aromatic heterocycles. The average Bonchev–Trinajstić information content (AvgIpc) is 2.95. The summed E-state index contributed by atoms with van der Waals surface area (Å²) in [5.41, 5.74) is 8.18. The van der Waals surface area contributed by atoms with Gasteiger partial charge in [0.15, 0.2) is 5.78 Å². The number of ketones is 1. The van der Waals surface area contributed by atoms with E-state index in [2.05, 4.69) is 10.6 Å². The van der Waals surface area contributed by atoms with Crippen molar-refractivity contribution >= 4 is 34.8 Å². The van der Waals surface area contributed by atoms with Crippen LogP contribution >= 0.6 is 0 Å². The smallest absolute Gasteiger partial charge is 0.412 e. The van der Waals surface area contributed by atoms with Gasteiger partial charge in [0.1, 0.15) is 18.5 Å². The van der Waals surface area contributed by atoms with Crippen LogP contribution in [-0.4, -0.2) is 36.1 Å². The van der Waals surface area contributed by atoms with Crippen molar-refractivity contribution in [1.29, 1.82) is 0 Å². The van der Waals surface area contributed by atoms with Gasteiger partial charge >= 0.3 is 6.09 Å². The molecule has 9 heteroatoms. The molecule has 0 aliphatic rings. The summed E-state index contributed by atoms with van der Waals surface area (Å²) < 4.78 is 11.4. The molecule has 0 fully saturated rings. The summed E-state index contributed by atoms with van der Waals surface area (Å²) in [6.07, 6.45) is 3.10. The van der Waals surface area contributed by atoms with Crippen molar-refractivity contribution in [2.24, 2.45) is 5.41 Å². The molecule has 216 valence electrons. The topological polar surface area (TPSA) is 140 Å². The lowest BCUT2D eigenvalue weighted by atomic mass is 9.78. The Kier molecular flexibility index (Phi) is 11.1. The Hall–Kier alpha value is -4.63. The molecule has 3 aromatic carbocycles. The van der Waals surface area contributed by atoms with Crippen LogP contribution in [0.1, 0.15) is 55.6 Å². The van der Waals surface area contributed by atoms with Gasteiger partial charge < -0.3 is 25.6 Å². The lowest BCUT2D eigenvalue weighted by Crippen LogP contribution is -2.29. The molecule has 0 aliphatic heterocycles. The number of nitrogens with one attached hydrogen (secondary N) is 2. The lowest BCUT2D eigenvalue weighted by Gasteiger charge is -2.34. The van der Waals surface area contributed by atoms with E-state index in [1.54, 1.807) is 66.7 Å². The molecule has 0 saturated carbocycles. The molecule has 0 spiro atoms. The first-order chi connectivity index (χ1) is 19.6. The molecule has 5 N–H and O–H groups in total. The fourth-order valence-electron chi connectivity index (χ4n) is 4.19. The summed E-state index contributed by atoms with van der Waals surface area (Å²) in [5.74, 6) is 0.229. The van der Waals surface area contributed by atoms with Crippen LogP contribution in [0.3, 0.4) is 0 Å². The summed E-state index contributed by atoms with van der Waals surface area (Å²) >= 11 is 0. The fourth-order valence-corrected chi connectivity index (χ4v) is 4.19. The maximum absolute atomic E-state index is 13.0. The molecular formula is C32H37N3O6. The number of carbonyl (C=O) groups is 3. The minimum absolute atomic E-state index is 0.0666. The Morgan fingerprint density at radius 1 is 0.976 bits per heavy atom. The van der Waals surface area contributed by atoms with E-state index in [4.69, 9.17) is 20.3 Å². The summed E-state index contributed by atoms with van der Waals surface area (Å²) in [6.45, 7) is 5.53. The number of aliphatic hydroxyl groups is 1. The largest absolute Gasteiger partial charge is 0.491 e. The normalized spacial score (nSPS) is 12.0. The maximum atomic E-state index is 13.0. The van der Waals surface area contributed by atoms with Gasteiger partial charge in [0.2, 0.25) is 5.91 Å². The Balaban J connectivity index is 1.70.